The number of nitrogens with one attached hydrogen (secondary N) is 3. The van der Waals surface area contributed by atoms with Gasteiger partial charge in [0.05, 0.1) is 19.4 Å². The highest BCUT2D eigenvalue weighted by atomic mass is 16.4. The molecule has 2 rings (SSSR count). The van der Waals surface area contributed by atoms with E-state index in [0.717, 1.165) is 54.3 Å². The van der Waals surface area contributed by atoms with Crippen molar-refractivity contribution in [1.82, 2.24) is 0 Å². The van der Waals surface area contributed by atoms with Crippen LogP contribution < -0.4 is 20.2 Å². The zero-order chi connectivity index (χ0) is 17.7. The number of hydrogen-bond acceptors (Lipinski definition) is 3. The zero-order valence-corrected chi connectivity index (χ0v) is 14.8. The van der Waals surface area contributed by atoms with Gasteiger partial charge in [-0.15, -0.1) is 0 Å². The van der Waals surface area contributed by atoms with E-state index in [0.29, 0.717) is 0 Å². The summed E-state index contributed by atoms with van der Waals surface area (Å²) in [4.78, 5) is 26.3. The van der Waals surface area contributed by atoms with Gasteiger partial charge in [-0.1, -0.05) is 25.1 Å². The molecule has 6 heteroatoms. The van der Waals surface area contributed by atoms with E-state index in [1.807, 2.05) is 32.0 Å². The van der Waals surface area contributed by atoms with E-state index in [1.165, 1.54) is 4.90 Å². The lowest BCUT2D eigenvalue weighted by Gasteiger charge is -2.33. The number of rotatable bonds is 6. The maximum absolute atomic E-state index is 12.4. The Morgan fingerprint density at radius 1 is 1.25 bits per heavy atom. The van der Waals surface area contributed by atoms with Gasteiger partial charge in [0.25, 0.3) is 0 Å². The zero-order valence-electron chi connectivity index (χ0n) is 14.8. The lowest BCUT2D eigenvalue weighted by atomic mass is 10.0. The lowest BCUT2D eigenvalue weighted by Crippen LogP contribution is -3.29. The predicted octanol–water partition coefficient (Wildman–Crippen LogP) is -2.58. The average Bonchev–Trinajstić information content (AvgIpc) is 2.55. The molecule has 0 spiro atoms. The van der Waals surface area contributed by atoms with Gasteiger partial charge in [-0.05, 0) is 24.5 Å². The summed E-state index contributed by atoms with van der Waals surface area (Å²) in [6.07, 6.45) is 0.766. The summed E-state index contributed by atoms with van der Waals surface area (Å²) in [5.74, 6) is -1.40. The second kappa shape index (κ2) is 8.26. The fourth-order valence-electron chi connectivity index (χ4n) is 3.32. The summed E-state index contributed by atoms with van der Waals surface area (Å²) in [5.41, 5.74) is 2.85. The molecule has 0 radical (unpaired) electrons. The topological polar surface area (TPSA) is 78.1 Å². The highest BCUT2D eigenvalue weighted by Gasteiger charge is 2.31. The van der Waals surface area contributed by atoms with Gasteiger partial charge in [0.15, 0.2) is 0 Å². The van der Waals surface area contributed by atoms with E-state index in [9.17, 15) is 14.7 Å². The minimum atomic E-state index is -1.14. The molecule has 1 saturated heterocycles. The molecule has 0 aliphatic carbocycles. The third-order valence-corrected chi connectivity index (χ3v) is 4.92. The van der Waals surface area contributed by atoms with Crippen molar-refractivity contribution in [2.75, 3.05) is 38.5 Å². The molecular weight excluding hydrogens is 306 g/mol. The van der Waals surface area contributed by atoms with E-state index < -0.39 is 12.0 Å². The normalized spacial score (nSPS) is 22.0. The standard InChI is InChI=1S/C18H27N3O3/c1-4-14-7-5-6-13(2)17(14)19-16(22)12-15(18(23)24)21-10-8-20(3)9-11-21/h5-7,15H,4,8-12H2,1-3H3,(H,19,22)(H,23,24)/p+1/t15-/m0/s1. The number of carbonyl (C=O) groups excluding carboxylic acids is 2. The first-order valence-corrected chi connectivity index (χ1v) is 8.67. The van der Waals surface area contributed by atoms with Crippen molar-refractivity contribution in [2.24, 2.45) is 0 Å². The first-order valence-electron chi connectivity index (χ1n) is 8.67. The van der Waals surface area contributed by atoms with Gasteiger partial charge in [-0.25, -0.2) is 0 Å². The summed E-state index contributed by atoms with van der Waals surface area (Å²) in [6, 6.07) is 5.10. The van der Waals surface area contributed by atoms with Crippen LogP contribution in [0.1, 0.15) is 24.5 Å². The van der Waals surface area contributed by atoms with Crippen molar-refractivity contribution in [3.63, 3.8) is 0 Å². The Bertz CT molecular complexity index is 595. The summed E-state index contributed by atoms with van der Waals surface area (Å²) < 4.78 is 0. The number of para-hydroxylation sites is 1. The van der Waals surface area contributed by atoms with Crippen molar-refractivity contribution in [3.8, 4) is 0 Å². The van der Waals surface area contributed by atoms with Crippen molar-refractivity contribution in [1.29, 1.82) is 0 Å². The van der Waals surface area contributed by atoms with Crippen LogP contribution in [0.2, 0.25) is 0 Å². The van der Waals surface area contributed by atoms with E-state index in [4.69, 9.17) is 0 Å². The molecule has 1 heterocycles. The van der Waals surface area contributed by atoms with Gasteiger partial charge < -0.3 is 25.0 Å². The van der Waals surface area contributed by atoms with Crippen molar-refractivity contribution in [2.45, 2.75) is 32.7 Å². The first-order chi connectivity index (χ1) is 11.4. The molecule has 1 aromatic rings. The third kappa shape index (κ3) is 4.55. The number of hydrogen-bond donors (Lipinski definition) is 3. The number of amides is 1. The second-order valence-electron chi connectivity index (χ2n) is 6.70. The number of quaternary nitrogens is 2. The Labute approximate surface area is 143 Å². The third-order valence-electron chi connectivity index (χ3n) is 4.92. The Morgan fingerprint density at radius 2 is 1.92 bits per heavy atom. The number of piperazine rings is 1. The van der Waals surface area contributed by atoms with E-state index in [-0.39, 0.29) is 12.3 Å². The van der Waals surface area contributed by atoms with Crippen molar-refractivity contribution >= 4 is 17.6 Å². The number of anilines is 1. The van der Waals surface area contributed by atoms with Gasteiger partial charge in [0, 0.05) is 5.69 Å². The van der Waals surface area contributed by atoms with Gasteiger partial charge in [0.2, 0.25) is 5.91 Å². The molecule has 1 atom stereocenters. The maximum atomic E-state index is 12.4. The molecule has 6 nitrogen and oxygen atoms in total. The van der Waals surface area contributed by atoms with Gasteiger partial charge in [0.1, 0.15) is 32.2 Å². The molecule has 0 saturated carbocycles. The summed E-state index contributed by atoms with van der Waals surface area (Å²) >= 11 is 0. The number of likely N-dealkylation sites (N-methyl/N-ethyl adjacent to an activating group) is 1. The second-order valence-corrected chi connectivity index (χ2v) is 6.70. The number of carboxylic acid groups (broad SMARTS) is 1. The monoisotopic (exact) mass is 334 g/mol. The van der Waals surface area contributed by atoms with Crippen LogP contribution >= 0.6 is 0 Å². The van der Waals surface area contributed by atoms with Gasteiger partial charge >= 0.3 is 0 Å². The van der Waals surface area contributed by atoms with Crippen LogP contribution in [0.25, 0.3) is 0 Å². The lowest BCUT2D eigenvalue weighted by molar-refractivity contribution is -1.01. The van der Waals surface area contributed by atoms with E-state index >= 15 is 0 Å². The fraction of sp³-hybridized carbons (Fsp3) is 0.556. The summed E-state index contributed by atoms with van der Waals surface area (Å²) in [7, 11) is 2.10. The summed E-state index contributed by atoms with van der Waals surface area (Å²) in [6.45, 7) is 7.31. The van der Waals surface area contributed by atoms with Gasteiger partial charge in [-0.3, -0.25) is 4.79 Å². The van der Waals surface area contributed by atoms with E-state index in [1.54, 1.807) is 0 Å². The summed E-state index contributed by atoms with van der Waals surface area (Å²) in [5, 5.41) is 14.5. The van der Waals surface area contributed by atoms with Crippen molar-refractivity contribution < 1.29 is 24.5 Å². The Hall–Kier alpha value is -1.92. The molecule has 3 N–H and O–H groups in total. The molecule has 132 valence electrons. The van der Waals surface area contributed by atoms with Crippen LogP contribution in [0.3, 0.4) is 0 Å². The van der Waals surface area contributed by atoms with Crippen LogP contribution in [0.15, 0.2) is 18.2 Å². The van der Waals surface area contributed by atoms with Crippen LogP contribution in [0, 0.1) is 6.92 Å². The molecule has 24 heavy (non-hydrogen) atoms. The molecule has 1 aliphatic rings. The largest absolute Gasteiger partial charge is 0.544 e. The molecule has 0 bridgehead atoms. The number of carboxylic acids is 1. The van der Waals surface area contributed by atoms with Crippen molar-refractivity contribution in [3.05, 3.63) is 29.3 Å². The highest BCUT2D eigenvalue weighted by Crippen LogP contribution is 2.21. The Balaban J connectivity index is 2.05. The fourth-order valence-corrected chi connectivity index (χ4v) is 3.32. The number of aryl methyl sites for hydroxylation is 2. The number of benzene rings is 1. The molecule has 1 amide bonds. The minimum Gasteiger partial charge on any atom is -0.544 e. The highest BCUT2D eigenvalue weighted by molar-refractivity contribution is 5.94. The van der Waals surface area contributed by atoms with Crippen LogP contribution in [0.5, 0.6) is 0 Å². The SMILES string of the molecule is CCc1cccc(C)c1NC(=O)C[C@@H](C(=O)[O-])[NH+]1CC[NH+](C)CC1. The van der Waals surface area contributed by atoms with E-state index in [2.05, 4.69) is 12.4 Å². The first kappa shape index (κ1) is 18.4. The quantitative estimate of drug-likeness (QED) is 0.535. The Kier molecular flexibility index (Phi) is 6.34. The Morgan fingerprint density at radius 3 is 2.50 bits per heavy atom. The average molecular weight is 334 g/mol. The maximum Gasteiger partial charge on any atom is 0.230 e. The molecule has 0 aromatic heterocycles. The van der Waals surface area contributed by atoms with Gasteiger partial charge in [-0.2, -0.15) is 0 Å². The smallest absolute Gasteiger partial charge is 0.230 e. The molecular formula is C18H28N3O3+. The van der Waals surface area contributed by atoms with Crippen LogP contribution in [0.4, 0.5) is 5.69 Å². The van der Waals surface area contributed by atoms with Crippen LogP contribution in [-0.4, -0.2) is 51.1 Å². The van der Waals surface area contributed by atoms with Crippen LogP contribution in [-0.2, 0) is 16.0 Å². The minimum absolute atomic E-state index is 0.0474. The number of aliphatic carboxylic acids is 1. The molecule has 1 fully saturated rings. The molecule has 1 aromatic carbocycles. The predicted molar refractivity (Wildman–Crippen MR) is 89.9 cm³/mol. The molecule has 1 aliphatic heterocycles. The number of carbonyl (C=O) groups is 2. The molecule has 0 unspecified atom stereocenters.